The topological polar surface area (TPSA) is 79.5 Å². The number of fused-ring (bicyclic) bond motifs is 1. The molecule has 2 N–H and O–H groups in total. The van der Waals surface area contributed by atoms with E-state index in [-0.39, 0.29) is 18.1 Å². The van der Waals surface area contributed by atoms with E-state index in [2.05, 4.69) is 5.32 Å². The fraction of sp³-hybridized carbons (Fsp3) is 0.375. The maximum absolute atomic E-state index is 12.4. The molecule has 0 spiro atoms. The second-order valence-electron chi connectivity index (χ2n) is 5.80. The van der Waals surface area contributed by atoms with Crippen LogP contribution in [0.25, 0.3) is 11.0 Å². The van der Waals surface area contributed by atoms with Gasteiger partial charge in [0.25, 0.3) is 5.91 Å². The van der Waals surface area contributed by atoms with E-state index in [4.69, 9.17) is 21.1 Å². The number of carbonyl (C=O) groups is 2. The van der Waals surface area contributed by atoms with Gasteiger partial charge in [-0.25, -0.2) is 0 Å². The average molecular weight is 322 g/mol. The average Bonchev–Trinajstić information content (AvgIpc) is 3.04. The van der Waals surface area contributed by atoms with Gasteiger partial charge in [-0.15, -0.1) is 0 Å². The first-order chi connectivity index (χ1) is 10.5. The molecule has 1 aromatic carbocycles. The number of hydrogen-bond acceptors (Lipinski definition) is 3. The van der Waals surface area contributed by atoms with Crippen LogP contribution in [-0.2, 0) is 4.79 Å². The second kappa shape index (κ2) is 5.65. The monoisotopic (exact) mass is 321 g/mol. The van der Waals surface area contributed by atoms with Gasteiger partial charge in [-0.05, 0) is 37.1 Å². The van der Waals surface area contributed by atoms with Crippen molar-refractivity contribution in [3.05, 3.63) is 35.0 Å². The third-order valence-electron chi connectivity index (χ3n) is 4.13. The van der Waals surface area contributed by atoms with Crippen LogP contribution in [-0.4, -0.2) is 22.5 Å². The second-order valence-corrected chi connectivity index (χ2v) is 6.24. The number of halogens is 1. The van der Waals surface area contributed by atoms with Crippen LogP contribution in [0, 0.1) is 0 Å². The van der Waals surface area contributed by atoms with Gasteiger partial charge >= 0.3 is 5.97 Å². The number of benzene rings is 1. The molecule has 1 aromatic heterocycles. The molecule has 1 amide bonds. The summed E-state index contributed by atoms with van der Waals surface area (Å²) in [5.41, 5.74) is -0.0900. The third kappa shape index (κ3) is 2.95. The summed E-state index contributed by atoms with van der Waals surface area (Å²) < 4.78 is 5.53. The zero-order valence-electron chi connectivity index (χ0n) is 11.9. The van der Waals surface area contributed by atoms with Crippen LogP contribution in [0.15, 0.2) is 28.7 Å². The van der Waals surface area contributed by atoms with Crippen molar-refractivity contribution in [1.82, 2.24) is 5.32 Å². The SMILES string of the molecule is O=C(O)CC1(NC(=O)c2cc3cc(Cl)ccc3o2)CCCC1. The summed E-state index contributed by atoms with van der Waals surface area (Å²) in [5, 5.41) is 13.3. The number of amides is 1. The van der Waals surface area contributed by atoms with Gasteiger partial charge in [0, 0.05) is 10.4 Å². The molecule has 0 radical (unpaired) electrons. The predicted octanol–water partition coefficient (Wildman–Crippen LogP) is 3.60. The predicted molar refractivity (Wildman–Crippen MR) is 82.1 cm³/mol. The van der Waals surface area contributed by atoms with Crippen molar-refractivity contribution in [2.24, 2.45) is 0 Å². The molecule has 1 aliphatic rings. The molecule has 1 heterocycles. The zero-order valence-corrected chi connectivity index (χ0v) is 12.7. The Labute approximate surface area is 132 Å². The number of carboxylic acid groups (broad SMARTS) is 1. The summed E-state index contributed by atoms with van der Waals surface area (Å²) in [6, 6.07) is 6.74. The molecule has 1 saturated carbocycles. The molecule has 6 heteroatoms. The fourth-order valence-corrected chi connectivity index (χ4v) is 3.30. The number of aliphatic carboxylic acids is 1. The van der Waals surface area contributed by atoms with Crippen LogP contribution in [0.2, 0.25) is 5.02 Å². The summed E-state index contributed by atoms with van der Waals surface area (Å²) in [7, 11) is 0. The van der Waals surface area contributed by atoms with Crippen LogP contribution >= 0.6 is 11.6 Å². The molecular formula is C16H16ClNO4. The molecule has 0 unspecified atom stereocenters. The minimum atomic E-state index is -0.904. The zero-order chi connectivity index (χ0) is 15.7. The van der Waals surface area contributed by atoms with Crippen LogP contribution in [0.5, 0.6) is 0 Å². The summed E-state index contributed by atoms with van der Waals surface area (Å²) >= 11 is 5.92. The van der Waals surface area contributed by atoms with Gasteiger partial charge in [-0.3, -0.25) is 9.59 Å². The Morgan fingerprint density at radius 2 is 2.00 bits per heavy atom. The summed E-state index contributed by atoms with van der Waals surface area (Å²) in [5.74, 6) is -1.11. The van der Waals surface area contributed by atoms with Gasteiger partial charge in [0.1, 0.15) is 5.58 Å². The van der Waals surface area contributed by atoms with E-state index in [1.54, 1.807) is 24.3 Å². The number of carboxylic acids is 1. The lowest BCUT2D eigenvalue weighted by Gasteiger charge is -2.28. The van der Waals surface area contributed by atoms with Gasteiger partial charge in [-0.1, -0.05) is 24.4 Å². The minimum Gasteiger partial charge on any atom is -0.481 e. The Morgan fingerprint density at radius 1 is 1.27 bits per heavy atom. The van der Waals surface area contributed by atoms with Crippen molar-refractivity contribution in [1.29, 1.82) is 0 Å². The summed E-state index contributed by atoms with van der Waals surface area (Å²) in [4.78, 5) is 23.5. The van der Waals surface area contributed by atoms with Gasteiger partial charge < -0.3 is 14.8 Å². The van der Waals surface area contributed by atoms with Crippen LogP contribution < -0.4 is 5.32 Å². The maximum Gasteiger partial charge on any atom is 0.305 e. The van der Waals surface area contributed by atoms with Crippen LogP contribution in [0.1, 0.15) is 42.7 Å². The lowest BCUT2D eigenvalue weighted by atomic mass is 9.93. The highest BCUT2D eigenvalue weighted by atomic mass is 35.5. The summed E-state index contributed by atoms with van der Waals surface area (Å²) in [6.45, 7) is 0. The maximum atomic E-state index is 12.4. The minimum absolute atomic E-state index is 0.0647. The number of rotatable bonds is 4. The highest BCUT2D eigenvalue weighted by Gasteiger charge is 2.38. The van der Waals surface area contributed by atoms with Crippen molar-refractivity contribution < 1.29 is 19.1 Å². The molecule has 1 aliphatic carbocycles. The molecule has 0 aliphatic heterocycles. The highest BCUT2D eigenvalue weighted by Crippen LogP contribution is 2.33. The van der Waals surface area contributed by atoms with E-state index in [1.807, 2.05) is 0 Å². The Morgan fingerprint density at radius 3 is 2.68 bits per heavy atom. The van der Waals surface area contributed by atoms with E-state index in [9.17, 15) is 9.59 Å². The molecule has 0 atom stereocenters. The number of carbonyl (C=O) groups excluding carboxylic acids is 1. The van der Waals surface area contributed by atoms with Crippen molar-refractivity contribution in [2.45, 2.75) is 37.6 Å². The fourth-order valence-electron chi connectivity index (χ4n) is 3.12. The van der Waals surface area contributed by atoms with E-state index in [0.717, 1.165) is 18.2 Å². The standard InChI is InChI=1S/C16H16ClNO4/c17-11-3-4-12-10(7-11)8-13(22-12)15(21)18-16(9-14(19)20)5-1-2-6-16/h3-4,7-8H,1-2,5-6,9H2,(H,18,21)(H,19,20). The number of nitrogens with one attached hydrogen (secondary N) is 1. The first-order valence-electron chi connectivity index (χ1n) is 7.21. The quantitative estimate of drug-likeness (QED) is 0.901. The van der Waals surface area contributed by atoms with Crippen molar-refractivity contribution in [3.8, 4) is 0 Å². The van der Waals surface area contributed by atoms with E-state index in [1.165, 1.54) is 0 Å². The normalized spacial score (nSPS) is 16.8. The Bertz CT molecular complexity index is 731. The van der Waals surface area contributed by atoms with Gasteiger partial charge in [0.2, 0.25) is 0 Å². The Balaban J connectivity index is 1.83. The van der Waals surface area contributed by atoms with Gasteiger partial charge in [-0.2, -0.15) is 0 Å². The first kappa shape index (κ1) is 14.9. The lowest BCUT2D eigenvalue weighted by Crippen LogP contribution is -2.47. The van der Waals surface area contributed by atoms with E-state index >= 15 is 0 Å². The molecule has 5 nitrogen and oxygen atoms in total. The highest BCUT2D eigenvalue weighted by molar-refractivity contribution is 6.31. The smallest absolute Gasteiger partial charge is 0.305 e. The lowest BCUT2D eigenvalue weighted by molar-refractivity contribution is -0.138. The molecule has 2 aromatic rings. The summed E-state index contributed by atoms with van der Waals surface area (Å²) in [6.07, 6.45) is 3.13. The van der Waals surface area contributed by atoms with E-state index < -0.39 is 11.5 Å². The molecule has 22 heavy (non-hydrogen) atoms. The number of furan rings is 1. The third-order valence-corrected chi connectivity index (χ3v) is 4.37. The Kier molecular flexibility index (Phi) is 3.83. The molecule has 116 valence electrons. The number of hydrogen-bond donors (Lipinski definition) is 2. The Hall–Kier alpha value is -2.01. The van der Waals surface area contributed by atoms with Gasteiger partial charge in [0.05, 0.1) is 12.0 Å². The van der Waals surface area contributed by atoms with Crippen LogP contribution in [0.4, 0.5) is 0 Å². The molecule has 3 rings (SSSR count). The molecule has 0 saturated heterocycles. The molecular weight excluding hydrogens is 306 g/mol. The van der Waals surface area contributed by atoms with Gasteiger partial charge in [0.15, 0.2) is 5.76 Å². The van der Waals surface area contributed by atoms with Crippen LogP contribution in [0.3, 0.4) is 0 Å². The van der Waals surface area contributed by atoms with Crippen molar-refractivity contribution in [2.75, 3.05) is 0 Å². The molecule has 0 bridgehead atoms. The van der Waals surface area contributed by atoms with E-state index in [0.29, 0.717) is 23.4 Å². The largest absolute Gasteiger partial charge is 0.481 e. The first-order valence-corrected chi connectivity index (χ1v) is 7.59. The van der Waals surface area contributed by atoms with Crippen molar-refractivity contribution >= 4 is 34.4 Å². The molecule has 1 fully saturated rings. The van der Waals surface area contributed by atoms with Crippen molar-refractivity contribution in [3.63, 3.8) is 0 Å².